The number of rotatable bonds is 4. The number of benzene rings is 3. The van der Waals surface area contributed by atoms with Crippen molar-refractivity contribution in [2.45, 2.75) is 30.6 Å². The molecular weight excluding hydrogens is 478 g/mol. The summed E-state index contributed by atoms with van der Waals surface area (Å²) in [7, 11) is -9.77. The summed E-state index contributed by atoms with van der Waals surface area (Å²) >= 11 is 0. The monoisotopic (exact) mass is 494 g/mol. The Balaban J connectivity index is 0.00000256. The van der Waals surface area contributed by atoms with Crippen LogP contribution >= 0.6 is 0 Å². The van der Waals surface area contributed by atoms with Gasteiger partial charge >= 0.3 is 59.1 Å². The van der Waals surface area contributed by atoms with Gasteiger partial charge in [-0.25, -0.2) is 8.42 Å². The van der Waals surface area contributed by atoms with Gasteiger partial charge in [0.15, 0.2) is 0 Å². The average Bonchev–Trinajstić information content (AvgIpc) is 2.62. The van der Waals surface area contributed by atoms with E-state index in [0.717, 1.165) is 41.0 Å². The van der Waals surface area contributed by atoms with Crippen molar-refractivity contribution >= 4 is 42.4 Å². The SMILES string of the molecule is Cc1cc(C)c(N=Nc2c([O-])c(S(=O)(=O)O)cc3cc(S(=O)(=O)[O-])ccc23)cc1C.[Na+].[Na+]. The Morgan fingerprint density at radius 1 is 0.844 bits per heavy atom. The Morgan fingerprint density at radius 3 is 2.00 bits per heavy atom. The minimum absolute atomic E-state index is 0. The molecule has 0 heterocycles. The van der Waals surface area contributed by atoms with E-state index in [0.29, 0.717) is 5.69 Å². The summed E-state index contributed by atoms with van der Waals surface area (Å²) in [6.45, 7) is 5.58. The van der Waals surface area contributed by atoms with E-state index in [1.165, 1.54) is 0 Å². The number of hydrogen-bond donors (Lipinski definition) is 1. The molecule has 0 bridgehead atoms. The Labute approximate surface area is 230 Å². The second-order valence-corrected chi connectivity index (χ2v) is 9.56. The molecule has 0 amide bonds. The van der Waals surface area contributed by atoms with Gasteiger partial charge in [0.05, 0.1) is 21.2 Å². The average molecular weight is 494 g/mol. The van der Waals surface area contributed by atoms with Gasteiger partial charge in [-0.15, -0.1) is 0 Å². The summed E-state index contributed by atoms with van der Waals surface area (Å²) in [5, 5.41) is 20.6. The zero-order valence-electron chi connectivity index (χ0n) is 18.1. The second-order valence-electron chi connectivity index (χ2n) is 6.79. The predicted molar refractivity (Wildman–Crippen MR) is 106 cm³/mol. The first kappa shape index (κ1) is 29.2. The molecule has 0 unspecified atom stereocenters. The molecule has 3 rings (SSSR count). The Bertz CT molecular complexity index is 1440. The first-order valence-corrected chi connectivity index (χ1v) is 11.3. The third kappa shape index (κ3) is 6.17. The van der Waals surface area contributed by atoms with E-state index in [-0.39, 0.29) is 69.9 Å². The number of azo groups is 1. The van der Waals surface area contributed by atoms with Crippen molar-refractivity contribution < 1.29 is 90.2 Å². The van der Waals surface area contributed by atoms with Crippen molar-refractivity contribution in [2.75, 3.05) is 0 Å². The molecule has 0 aliphatic rings. The van der Waals surface area contributed by atoms with E-state index in [1.807, 2.05) is 19.9 Å². The molecule has 0 saturated heterocycles. The molecule has 9 nitrogen and oxygen atoms in total. The van der Waals surface area contributed by atoms with Gasteiger partial charge in [0, 0.05) is 5.39 Å². The minimum Gasteiger partial charge on any atom is -0.870 e. The van der Waals surface area contributed by atoms with Crippen LogP contribution in [0.1, 0.15) is 16.7 Å². The smallest absolute Gasteiger partial charge is 0.870 e. The van der Waals surface area contributed by atoms with Crippen LogP contribution in [-0.2, 0) is 20.2 Å². The molecule has 3 aromatic rings. The van der Waals surface area contributed by atoms with Crippen molar-refractivity contribution in [1.29, 1.82) is 0 Å². The summed E-state index contributed by atoms with van der Waals surface area (Å²) in [5.41, 5.74) is 2.76. The fourth-order valence-corrected chi connectivity index (χ4v) is 4.04. The van der Waals surface area contributed by atoms with Gasteiger partial charge in [-0.3, -0.25) is 4.55 Å². The van der Waals surface area contributed by atoms with Crippen LogP contribution < -0.4 is 64.2 Å². The maximum absolute atomic E-state index is 12.7. The predicted octanol–water partition coefficient (Wildman–Crippen LogP) is -2.59. The summed E-state index contributed by atoms with van der Waals surface area (Å²) in [5.74, 6) is -1.10. The van der Waals surface area contributed by atoms with Crippen LogP contribution in [0.25, 0.3) is 10.8 Å². The van der Waals surface area contributed by atoms with E-state index in [4.69, 9.17) is 0 Å². The van der Waals surface area contributed by atoms with Crippen LogP contribution in [0.3, 0.4) is 0 Å². The Morgan fingerprint density at radius 2 is 1.44 bits per heavy atom. The molecule has 0 saturated carbocycles. The van der Waals surface area contributed by atoms with Gasteiger partial charge in [0.25, 0.3) is 10.1 Å². The largest absolute Gasteiger partial charge is 1.00 e. The fraction of sp³-hybridized carbons (Fsp3) is 0.158. The number of fused-ring (bicyclic) bond motifs is 1. The zero-order valence-corrected chi connectivity index (χ0v) is 23.7. The molecule has 0 atom stereocenters. The molecule has 0 spiro atoms. The Kier molecular flexibility index (Phi) is 9.66. The molecular formula is C19H16N2Na2O7S2. The molecule has 0 fully saturated rings. The van der Waals surface area contributed by atoms with E-state index < -0.39 is 41.5 Å². The van der Waals surface area contributed by atoms with E-state index in [2.05, 4.69) is 10.2 Å². The van der Waals surface area contributed by atoms with Gasteiger partial charge in [-0.05, 0) is 67.1 Å². The van der Waals surface area contributed by atoms with Gasteiger partial charge in [0.2, 0.25) is 0 Å². The zero-order chi connectivity index (χ0) is 22.4. The summed E-state index contributed by atoms with van der Waals surface area (Å²) in [6.07, 6.45) is 0. The van der Waals surface area contributed by atoms with Gasteiger partial charge in [-0.2, -0.15) is 18.6 Å². The van der Waals surface area contributed by atoms with E-state index in [1.54, 1.807) is 13.0 Å². The topological polar surface area (TPSA) is 159 Å². The number of nitrogens with zero attached hydrogens (tertiary/aromatic N) is 2. The van der Waals surface area contributed by atoms with Crippen LogP contribution in [0.2, 0.25) is 0 Å². The molecule has 32 heavy (non-hydrogen) atoms. The van der Waals surface area contributed by atoms with Gasteiger partial charge in [-0.1, -0.05) is 17.9 Å². The third-order valence-corrected chi connectivity index (χ3v) is 6.33. The minimum atomic E-state index is -4.94. The quantitative estimate of drug-likeness (QED) is 0.237. The first-order valence-electron chi connectivity index (χ1n) is 8.50. The summed E-state index contributed by atoms with van der Waals surface area (Å²) in [4.78, 5) is -1.62. The molecule has 1 N–H and O–H groups in total. The normalized spacial score (nSPS) is 11.9. The number of hydrogen-bond acceptors (Lipinski definition) is 8. The van der Waals surface area contributed by atoms with Crippen LogP contribution in [0, 0.1) is 20.8 Å². The van der Waals surface area contributed by atoms with Crippen molar-refractivity contribution in [2.24, 2.45) is 10.2 Å². The third-order valence-electron chi connectivity index (χ3n) is 4.64. The molecule has 0 radical (unpaired) electrons. The summed E-state index contributed by atoms with van der Waals surface area (Å²) < 4.78 is 66.6. The number of aryl methyl sites for hydroxylation is 3. The van der Waals surface area contributed by atoms with Crippen molar-refractivity contribution in [3.63, 3.8) is 0 Å². The van der Waals surface area contributed by atoms with Gasteiger partial charge < -0.3 is 9.66 Å². The molecule has 0 aliphatic carbocycles. The van der Waals surface area contributed by atoms with Crippen LogP contribution in [-0.4, -0.2) is 25.9 Å². The molecule has 0 aromatic heterocycles. The van der Waals surface area contributed by atoms with Crippen molar-refractivity contribution in [3.05, 3.63) is 53.1 Å². The molecule has 13 heteroatoms. The standard InChI is InChI=1S/C19H18N2O7S2.2Na/c1-10-6-12(3)16(7-11(10)2)20-21-18-15-5-4-14(29(23,24)25)8-13(15)9-17(19(18)22)30(26,27)28;;/h4-9,22H,1-3H3,(H,23,24,25)(H,26,27,28);;/q;2*+1/p-2. The van der Waals surface area contributed by atoms with E-state index >= 15 is 0 Å². The molecule has 158 valence electrons. The molecule has 3 aromatic carbocycles. The Hall–Kier alpha value is -0.860. The maximum Gasteiger partial charge on any atom is 1.00 e. The van der Waals surface area contributed by atoms with Crippen molar-refractivity contribution in [1.82, 2.24) is 0 Å². The van der Waals surface area contributed by atoms with Crippen LogP contribution in [0.4, 0.5) is 11.4 Å². The van der Waals surface area contributed by atoms with Crippen LogP contribution in [0.15, 0.2) is 56.4 Å². The maximum atomic E-state index is 12.7. The second kappa shape index (κ2) is 10.6. The van der Waals surface area contributed by atoms with Gasteiger partial charge in [0.1, 0.15) is 10.1 Å². The first-order chi connectivity index (χ1) is 13.8. The van der Waals surface area contributed by atoms with Crippen LogP contribution in [0.5, 0.6) is 5.75 Å². The fourth-order valence-electron chi connectivity index (χ4n) is 2.92. The molecule has 0 aliphatic heterocycles. The van der Waals surface area contributed by atoms with Crippen molar-refractivity contribution in [3.8, 4) is 5.75 Å². The van der Waals surface area contributed by atoms with E-state index in [9.17, 15) is 31.0 Å². The summed E-state index contributed by atoms with van der Waals surface area (Å²) in [6, 6.07) is 7.47.